The third kappa shape index (κ3) is 3.55. The van der Waals surface area contributed by atoms with E-state index in [4.69, 9.17) is 16.3 Å². The molecule has 0 aliphatic carbocycles. The Balaban J connectivity index is 1.86. The summed E-state index contributed by atoms with van der Waals surface area (Å²) in [4.78, 5) is 12.5. The zero-order valence-electron chi connectivity index (χ0n) is 14.5. The summed E-state index contributed by atoms with van der Waals surface area (Å²) < 4.78 is 21.2. The standard InChI is InChI=1S/C19H17ClFN3O2/c1-11-8-12(2)24(23-11)17-7-5-14(10-16(17)21)22-19(25)15-6-4-13(20)9-18(15)26-3/h4-10H,1-3H3,(H,22,25). The maximum atomic E-state index is 14.5. The van der Waals surface area contributed by atoms with Gasteiger partial charge >= 0.3 is 0 Å². The first-order valence-electron chi connectivity index (χ1n) is 7.87. The molecule has 0 radical (unpaired) electrons. The van der Waals surface area contributed by atoms with E-state index in [0.29, 0.717) is 27.7 Å². The van der Waals surface area contributed by atoms with Gasteiger partial charge in [-0.25, -0.2) is 9.07 Å². The average molecular weight is 374 g/mol. The number of hydrogen-bond donors (Lipinski definition) is 1. The molecule has 2 aromatic carbocycles. The van der Waals surface area contributed by atoms with Crippen LogP contribution in [0.4, 0.5) is 10.1 Å². The minimum atomic E-state index is -0.489. The highest BCUT2D eigenvalue weighted by Gasteiger charge is 2.15. The normalized spacial score (nSPS) is 10.7. The molecule has 134 valence electrons. The summed E-state index contributed by atoms with van der Waals surface area (Å²) in [5, 5.41) is 7.39. The zero-order valence-corrected chi connectivity index (χ0v) is 15.3. The smallest absolute Gasteiger partial charge is 0.259 e. The number of anilines is 1. The van der Waals surface area contributed by atoms with E-state index >= 15 is 0 Å². The van der Waals surface area contributed by atoms with Gasteiger partial charge in [0.2, 0.25) is 0 Å². The summed E-state index contributed by atoms with van der Waals surface area (Å²) in [6.45, 7) is 3.69. The van der Waals surface area contributed by atoms with Crippen molar-refractivity contribution in [1.29, 1.82) is 0 Å². The van der Waals surface area contributed by atoms with Crippen LogP contribution in [0.3, 0.4) is 0 Å². The number of carbonyl (C=O) groups excluding carboxylic acids is 1. The van der Waals surface area contributed by atoms with E-state index in [0.717, 1.165) is 11.4 Å². The van der Waals surface area contributed by atoms with Crippen LogP contribution in [0.2, 0.25) is 5.02 Å². The van der Waals surface area contributed by atoms with Crippen LogP contribution in [0.5, 0.6) is 5.75 Å². The lowest BCUT2D eigenvalue weighted by Gasteiger charge is -2.11. The monoisotopic (exact) mass is 373 g/mol. The Hall–Kier alpha value is -2.86. The van der Waals surface area contributed by atoms with E-state index < -0.39 is 11.7 Å². The largest absolute Gasteiger partial charge is 0.496 e. The molecule has 3 rings (SSSR count). The maximum absolute atomic E-state index is 14.5. The van der Waals surface area contributed by atoms with Crippen LogP contribution >= 0.6 is 11.6 Å². The van der Waals surface area contributed by atoms with Gasteiger partial charge in [0.1, 0.15) is 11.4 Å². The van der Waals surface area contributed by atoms with Gasteiger partial charge in [0.25, 0.3) is 5.91 Å². The first kappa shape index (κ1) is 17.9. The molecule has 1 amide bonds. The second-order valence-electron chi connectivity index (χ2n) is 5.80. The van der Waals surface area contributed by atoms with Gasteiger partial charge in [-0.05, 0) is 56.3 Å². The fraction of sp³-hybridized carbons (Fsp3) is 0.158. The number of ether oxygens (including phenoxy) is 1. The van der Waals surface area contributed by atoms with E-state index in [2.05, 4.69) is 10.4 Å². The molecule has 0 bridgehead atoms. The third-order valence-corrected chi connectivity index (χ3v) is 4.09. The number of aryl methyl sites for hydroxylation is 2. The van der Waals surface area contributed by atoms with Gasteiger partial charge in [0, 0.05) is 16.4 Å². The van der Waals surface area contributed by atoms with E-state index in [1.807, 2.05) is 19.9 Å². The number of benzene rings is 2. The number of hydrogen-bond acceptors (Lipinski definition) is 3. The van der Waals surface area contributed by atoms with Crippen LogP contribution in [0.25, 0.3) is 5.69 Å². The summed E-state index contributed by atoms with van der Waals surface area (Å²) in [7, 11) is 1.45. The Morgan fingerprint density at radius 2 is 1.96 bits per heavy atom. The summed E-state index contributed by atoms with van der Waals surface area (Å²) in [5.74, 6) is -0.566. The van der Waals surface area contributed by atoms with Crippen molar-refractivity contribution in [3.8, 4) is 11.4 Å². The molecule has 0 atom stereocenters. The summed E-state index contributed by atoms with van der Waals surface area (Å²) in [6.07, 6.45) is 0. The SMILES string of the molecule is COc1cc(Cl)ccc1C(=O)Nc1ccc(-n2nc(C)cc2C)c(F)c1. The molecular weight excluding hydrogens is 357 g/mol. The van der Waals surface area contributed by atoms with Crippen molar-refractivity contribution in [2.45, 2.75) is 13.8 Å². The van der Waals surface area contributed by atoms with Crippen molar-refractivity contribution in [3.63, 3.8) is 0 Å². The van der Waals surface area contributed by atoms with Gasteiger partial charge < -0.3 is 10.1 Å². The van der Waals surface area contributed by atoms with Crippen LogP contribution in [0.1, 0.15) is 21.7 Å². The third-order valence-electron chi connectivity index (χ3n) is 3.85. The number of amides is 1. The first-order valence-corrected chi connectivity index (χ1v) is 8.25. The highest BCUT2D eigenvalue weighted by atomic mass is 35.5. The molecule has 3 aromatic rings. The number of halogens is 2. The summed E-state index contributed by atoms with van der Waals surface area (Å²) >= 11 is 5.90. The molecule has 7 heteroatoms. The quantitative estimate of drug-likeness (QED) is 0.730. The number of methoxy groups -OCH3 is 1. The molecule has 0 fully saturated rings. The van der Waals surface area contributed by atoms with E-state index in [1.54, 1.807) is 30.3 Å². The molecular formula is C19H17ClFN3O2. The van der Waals surface area contributed by atoms with E-state index in [-0.39, 0.29) is 0 Å². The minimum Gasteiger partial charge on any atom is -0.496 e. The first-order chi connectivity index (χ1) is 12.4. The van der Waals surface area contributed by atoms with Gasteiger partial charge in [0.05, 0.1) is 18.4 Å². The van der Waals surface area contributed by atoms with Crippen LogP contribution < -0.4 is 10.1 Å². The molecule has 1 N–H and O–H groups in total. The highest BCUT2D eigenvalue weighted by molar-refractivity contribution is 6.31. The van der Waals surface area contributed by atoms with E-state index in [1.165, 1.54) is 17.9 Å². The number of rotatable bonds is 4. The second kappa shape index (κ2) is 7.17. The van der Waals surface area contributed by atoms with Crippen molar-refractivity contribution in [2.24, 2.45) is 0 Å². The fourth-order valence-electron chi connectivity index (χ4n) is 2.68. The average Bonchev–Trinajstić information content (AvgIpc) is 2.92. The summed E-state index contributed by atoms with van der Waals surface area (Å²) in [5.41, 5.74) is 2.57. The molecule has 0 saturated carbocycles. The van der Waals surface area contributed by atoms with Crippen molar-refractivity contribution >= 4 is 23.2 Å². The van der Waals surface area contributed by atoms with E-state index in [9.17, 15) is 9.18 Å². The van der Waals surface area contributed by atoms with Gasteiger partial charge in [-0.15, -0.1) is 0 Å². The number of carbonyl (C=O) groups is 1. The predicted molar refractivity (Wildman–Crippen MR) is 99.0 cm³/mol. The lowest BCUT2D eigenvalue weighted by atomic mass is 10.1. The number of nitrogens with one attached hydrogen (secondary N) is 1. The lowest BCUT2D eigenvalue weighted by molar-refractivity contribution is 0.102. The second-order valence-corrected chi connectivity index (χ2v) is 6.24. The molecule has 0 unspecified atom stereocenters. The highest BCUT2D eigenvalue weighted by Crippen LogP contribution is 2.25. The molecule has 0 spiro atoms. The van der Waals surface area contributed by atoms with Crippen LogP contribution in [0, 0.1) is 19.7 Å². The Morgan fingerprint density at radius 1 is 1.19 bits per heavy atom. The molecule has 0 saturated heterocycles. The van der Waals surface area contributed by atoms with Crippen molar-refractivity contribution in [1.82, 2.24) is 9.78 Å². The number of aromatic nitrogens is 2. The Kier molecular flexibility index (Phi) is 4.95. The molecule has 1 aromatic heterocycles. The van der Waals surface area contributed by atoms with Crippen molar-refractivity contribution in [2.75, 3.05) is 12.4 Å². The van der Waals surface area contributed by atoms with Gasteiger partial charge in [-0.1, -0.05) is 11.6 Å². The Bertz CT molecular complexity index is 985. The topological polar surface area (TPSA) is 56.1 Å². The molecule has 5 nitrogen and oxygen atoms in total. The minimum absolute atomic E-state index is 0.305. The molecule has 26 heavy (non-hydrogen) atoms. The van der Waals surface area contributed by atoms with Gasteiger partial charge in [-0.3, -0.25) is 4.79 Å². The zero-order chi connectivity index (χ0) is 18.8. The fourth-order valence-corrected chi connectivity index (χ4v) is 2.84. The van der Waals surface area contributed by atoms with Crippen LogP contribution in [0.15, 0.2) is 42.5 Å². The van der Waals surface area contributed by atoms with Crippen molar-refractivity contribution < 1.29 is 13.9 Å². The van der Waals surface area contributed by atoms with Crippen molar-refractivity contribution in [3.05, 3.63) is 70.3 Å². The van der Waals surface area contributed by atoms with Crippen LogP contribution in [-0.2, 0) is 0 Å². The maximum Gasteiger partial charge on any atom is 0.259 e. The number of nitrogens with zero attached hydrogens (tertiary/aromatic N) is 2. The predicted octanol–water partition coefficient (Wildman–Crippen LogP) is 4.54. The van der Waals surface area contributed by atoms with Gasteiger partial charge in [0.15, 0.2) is 5.82 Å². The van der Waals surface area contributed by atoms with Gasteiger partial charge in [-0.2, -0.15) is 5.10 Å². The molecule has 0 aliphatic heterocycles. The lowest BCUT2D eigenvalue weighted by Crippen LogP contribution is -2.13. The van der Waals surface area contributed by atoms with Crippen LogP contribution in [-0.4, -0.2) is 22.8 Å². The Morgan fingerprint density at radius 3 is 2.58 bits per heavy atom. The Labute approximate surface area is 155 Å². The molecule has 0 aliphatic rings. The summed E-state index contributed by atoms with van der Waals surface area (Å²) in [6, 6.07) is 11.0. The molecule has 1 heterocycles.